The molecule has 1 saturated heterocycles. The molecule has 2 aromatic carbocycles. The van der Waals surface area contributed by atoms with Gasteiger partial charge < -0.3 is 14.7 Å². The van der Waals surface area contributed by atoms with E-state index in [1.807, 2.05) is 37.3 Å². The van der Waals surface area contributed by atoms with Gasteiger partial charge in [0.25, 0.3) is 11.7 Å². The Morgan fingerprint density at radius 2 is 1.72 bits per heavy atom. The number of nitrogens with zero attached hydrogens (tertiary/aromatic N) is 1. The molecule has 4 rings (SSSR count). The molecule has 1 saturated carbocycles. The van der Waals surface area contributed by atoms with Gasteiger partial charge in [0.2, 0.25) is 0 Å². The Kier molecular flexibility index (Phi) is 6.09. The molecule has 1 amide bonds. The number of amides is 1. The molecule has 1 heterocycles. The van der Waals surface area contributed by atoms with Crippen LogP contribution in [0.5, 0.6) is 5.75 Å². The number of carbonyl (C=O) groups is 2. The molecule has 0 radical (unpaired) electrons. The first-order valence-electron chi connectivity index (χ1n) is 11.4. The molecule has 5 heteroatoms. The zero-order valence-corrected chi connectivity index (χ0v) is 19.2. The van der Waals surface area contributed by atoms with Crippen LogP contribution in [0.4, 0.5) is 0 Å². The second-order valence-electron chi connectivity index (χ2n) is 9.15. The molecule has 2 aromatic rings. The van der Waals surface area contributed by atoms with E-state index in [9.17, 15) is 14.7 Å². The van der Waals surface area contributed by atoms with E-state index in [1.54, 1.807) is 24.1 Å². The molecule has 0 bridgehead atoms. The maximum atomic E-state index is 13.2. The molecule has 168 valence electrons. The van der Waals surface area contributed by atoms with E-state index < -0.39 is 17.7 Å². The number of carbonyl (C=O) groups excluding carboxylic acids is 2. The number of hydrogen-bond acceptors (Lipinski definition) is 4. The van der Waals surface area contributed by atoms with Crippen LogP contribution in [-0.4, -0.2) is 34.8 Å². The summed E-state index contributed by atoms with van der Waals surface area (Å²) in [5.74, 6) is -0.189. The fourth-order valence-electron chi connectivity index (χ4n) is 4.97. The predicted octanol–water partition coefficient (Wildman–Crippen LogP) is 5.49. The highest BCUT2D eigenvalue weighted by atomic mass is 16.5. The van der Waals surface area contributed by atoms with E-state index in [0.29, 0.717) is 17.2 Å². The summed E-state index contributed by atoms with van der Waals surface area (Å²) < 4.78 is 5.27. The molecule has 1 unspecified atom stereocenters. The van der Waals surface area contributed by atoms with Gasteiger partial charge in [-0.2, -0.15) is 0 Å². The molecular formula is C27H31NO4. The molecule has 0 aromatic heterocycles. The van der Waals surface area contributed by atoms with Gasteiger partial charge in [-0.15, -0.1) is 0 Å². The molecule has 5 nitrogen and oxygen atoms in total. The molecule has 32 heavy (non-hydrogen) atoms. The highest BCUT2D eigenvalue weighted by molar-refractivity contribution is 6.46. The molecule has 1 aliphatic carbocycles. The van der Waals surface area contributed by atoms with Crippen molar-refractivity contribution < 1.29 is 19.4 Å². The lowest BCUT2D eigenvalue weighted by molar-refractivity contribution is -0.141. The first-order valence-corrected chi connectivity index (χ1v) is 11.4. The van der Waals surface area contributed by atoms with Gasteiger partial charge in [0.1, 0.15) is 11.5 Å². The Balaban J connectivity index is 1.87. The fraction of sp³-hybridized carbons (Fsp3) is 0.407. The van der Waals surface area contributed by atoms with Crippen LogP contribution in [0, 0.1) is 6.92 Å². The number of hydrogen-bond donors (Lipinski definition) is 1. The topological polar surface area (TPSA) is 66.8 Å². The van der Waals surface area contributed by atoms with Crippen molar-refractivity contribution in [1.29, 1.82) is 0 Å². The average Bonchev–Trinajstić information content (AvgIpc) is 3.40. The Morgan fingerprint density at radius 3 is 2.28 bits per heavy atom. The quantitative estimate of drug-likeness (QED) is 0.385. The largest absolute Gasteiger partial charge is 0.507 e. The second kappa shape index (κ2) is 8.81. The van der Waals surface area contributed by atoms with Crippen molar-refractivity contribution in [3.05, 3.63) is 70.3 Å². The molecule has 2 aliphatic rings. The van der Waals surface area contributed by atoms with Crippen molar-refractivity contribution in [3.63, 3.8) is 0 Å². The Hall–Kier alpha value is -3.08. The second-order valence-corrected chi connectivity index (χ2v) is 9.15. The van der Waals surface area contributed by atoms with Crippen LogP contribution in [0.2, 0.25) is 0 Å². The summed E-state index contributed by atoms with van der Waals surface area (Å²) in [7, 11) is 1.59. The highest BCUT2D eigenvalue weighted by Crippen LogP contribution is 2.44. The fourth-order valence-corrected chi connectivity index (χ4v) is 4.97. The van der Waals surface area contributed by atoms with Crippen LogP contribution in [0.1, 0.15) is 73.7 Å². The van der Waals surface area contributed by atoms with Crippen LogP contribution in [0.25, 0.3) is 5.76 Å². The maximum Gasteiger partial charge on any atom is 0.295 e. The summed E-state index contributed by atoms with van der Waals surface area (Å²) in [5, 5.41) is 11.3. The van der Waals surface area contributed by atoms with Gasteiger partial charge in [-0.25, -0.2) is 0 Å². The van der Waals surface area contributed by atoms with Crippen LogP contribution in [0.15, 0.2) is 48.0 Å². The van der Waals surface area contributed by atoms with Gasteiger partial charge >= 0.3 is 0 Å². The van der Waals surface area contributed by atoms with Crippen molar-refractivity contribution in [1.82, 2.24) is 4.90 Å². The van der Waals surface area contributed by atoms with Crippen LogP contribution in [0.3, 0.4) is 0 Å². The normalized spacial score (nSPS) is 21.0. The summed E-state index contributed by atoms with van der Waals surface area (Å²) in [5.41, 5.74) is 3.54. The van der Waals surface area contributed by atoms with Gasteiger partial charge in [-0.05, 0) is 60.6 Å². The summed E-state index contributed by atoms with van der Waals surface area (Å²) in [6.45, 7) is 6.12. The van der Waals surface area contributed by atoms with E-state index in [2.05, 4.69) is 13.8 Å². The number of methoxy groups -OCH3 is 1. The van der Waals surface area contributed by atoms with E-state index in [1.165, 1.54) is 5.56 Å². The molecule has 0 spiro atoms. The van der Waals surface area contributed by atoms with Gasteiger partial charge in [0, 0.05) is 11.6 Å². The lowest BCUT2D eigenvalue weighted by Gasteiger charge is -2.31. The smallest absolute Gasteiger partial charge is 0.295 e. The third kappa shape index (κ3) is 3.81. The summed E-state index contributed by atoms with van der Waals surface area (Å²) in [6, 6.07) is 12.8. The lowest BCUT2D eigenvalue weighted by Crippen LogP contribution is -2.37. The van der Waals surface area contributed by atoms with Crippen molar-refractivity contribution in [3.8, 4) is 5.75 Å². The number of Topliss-reactive ketones (excluding diaryl/α,β-unsaturated/α-hetero) is 1. The lowest BCUT2D eigenvalue weighted by atomic mass is 9.92. The number of aliphatic hydroxyl groups excluding tert-OH is 1. The van der Waals surface area contributed by atoms with Gasteiger partial charge in [0.15, 0.2) is 0 Å². The Morgan fingerprint density at radius 1 is 1.06 bits per heavy atom. The van der Waals surface area contributed by atoms with E-state index in [-0.39, 0.29) is 17.4 Å². The zero-order valence-electron chi connectivity index (χ0n) is 19.2. The number of ketones is 1. The van der Waals surface area contributed by atoms with Crippen LogP contribution >= 0.6 is 0 Å². The van der Waals surface area contributed by atoms with Gasteiger partial charge in [0.05, 0.1) is 18.7 Å². The third-order valence-corrected chi connectivity index (χ3v) is 6.81. The zero-order chi connectivity index (χ0) is 23.0. The Bertz CT molecular complexity index is 1060. The van der Waals surface area contributed by atoms with Gasteiger partial charge in [-0.3, -0.25) is 9.59 Å². The minimum atomic E-state index is -0.609. The number of ether oxygens (including phenoxy) is 1. The number of aryl methyl sites for hydroxylation is 1. The standard InChI is InChI=1S/C27H31NO4/c1-16(2)18-9-11-19(12-10-18)24-23(25(29)22-14-13-21(32-4)15-17(22)3)26(30)27(31)28(24)20-7-5-6-8-20/h9-16,20,24,29H,5-8H2,1-4H3/b25-23-. The van der Waals surface area contributed by atoms with E-state index in [0.717, 1.165) is 36.8 Å². The third-order valence-electron chi connectivity index (χ3n) is 6.81. The van der Waals surface area contributed by atoms with Crippen molar-refractivity contribution in [2.75, 3.05) is 7.11 Å². The number of rotatable bonds is 5. The average molecular weight is 434 g/mol. The molecule has 2 fully saturated rings. The van der Waals surface area contributed by atoms with E-state index >= 15 is 0 Å². The molecule has 1 atom stereocenters. The SMILES string of the molecule is COc1ccc(/C(O)=C2/C(=O)C(=O)N(C3CCCC3)C2c2ccc(C(C)C)cc2)c(C)c1. The van der Waals surface area contributed by atoms with Crippen molar-refractivity contribution >= 4 is 17.4 Å². The molecule has 1 aliphatic heterocycles. The van der Waals surface area contributed by atoms with Crippen molar-refractivity contribution in [2.24, 2.45) is 0 Å². The monoisotopic (exact) mass is 433 g/mol. The summed E-state index contributed by atoms with van der Waals surface area (Å²) in [6.07, 6.45) is 3.86. The first kappa shape index (κ1) is 22.1. The van der Waals surface area contributed by atoms with Crippen LogP contribution in [-0.2, 0) is 9.59 Å². The minimum absolute atomic E-state index is 0.0171. The number of likely N-dealkylation sites (tertiary alicyclic amines) is 1. The van der Waals surface area contributed by atoms with Gasteiger partial charge in [-0.1, -0.05) is 51.0 Å². The predicted molar refractivity (Wildman–Crippen MR) is 125 cm³/mol. The van der Waals surface area contributed by atoms with Crippen LogP contribution < -0.4 is 4.74 Å². The van der Waals surface area contributed by atoms with Crippen molar-refractivity contribution in [2.45, 2.75) is 64.5 Å². The molecule has 1 N–H and O–H groups in total. The minimum Gasteiger partial charge on any atom is -0.507 e. The summed E-state index contributed by atoms with van der Waals surface area (Å²) >= 11 is 0. The highest BCUT2D eigenvalue weighted by Gasteiger charge is 2.49. The first-order chi connectivity index (χ1) is 15.3. The maximum absolute atomic E-state index is 13.2. The molecular weight excluding hydrogens is 402 g/mol. The van der Waals surface area contributed by atoms with E-state index in [4.69, 9.17) is 4.74 Å². The summed E-state index contributed by atoms with van der Waals surface area (Å²) in [4.78, 5) is 28.2. The number of benzene rings is 2. The number of aliphatic hydroxyl groups is 1. The Labute approximate surface area is 189 Å².